The summed E-state index contributed by atoms with van der Waals surface area (Å²) in [6.07, 6.45) is 3.52. The number of aromatic hydroxyl groups is 1. The normalized spacial score (nSPS) is 15.1. The fraction of sp³-hybridized carbons (Fsp3) is 0.500. The standard InChI is InChI=1S/C12H16O3/c1-14-10-6-9(5-8-3-4-8)12(15-2)11(13)7-10/h6-8,13H,3-5H2,1-2H3. The van der Waals surface area contributed by atoms with E-state index in [0.29, 0.717) is 11.5 Å². The molecule has 3 nitrogen and oxygen atoms in total. The molecule has 0 amide bonds. The van der Waals surface area contributed by atoms with Gasteiger partial charge in [-0.05, 0) is 31.2 Å². The van der Waals surface area contributed by atoms with E-state index in [1.54, 1.807) is 20.3 Å². The van der Waals surface area contributed by atoms with Gasteiger partial charge in [-0.15, -0.1) is 0 Å². The molecule has 0 spiro atoms. The molecule has 1 aliphatic rings. The van der Waals surface area contributed by atoms with Gasteiger partial charge in [0.15, 0.2) is 11.5 Å². The Kier molecular flexibility index (Phi) is 2.71. The largest absolute Gasteiger partial charge is 0.504 e. The van der Waals surface area contributed by atoms with Crippen LogP contribution in [0.1, 0.15) is 18.4 Å². The Hall–Kier alpha value is -1.38. The first-order chi connectivity index (χ1) is 7.24. The molecule has 15 heavy (non-hydrogen) atoms. The van der Waals surface area contributed by atoms with Gasteiger partial charge < -0.3 is 14.6 Å². The Morgan fingerprint density at radius 1 is 1.27 bits per heavy atom. The summed E-state index contributed by atoms with van der Waals surface area (Å²) in [7, 11) is 3.18. The topological polar surface area (TPSA) is 38.7 Å². The van der Waals surface area contributed by atoms with Crippen LogP contribution in [-0.2, 0) is 6.42 Å². The number of hydrogen-bond acceptors (Lipinski definition) is 3. The highest BCUT2D eigenvalue weighted by atomic mass is 16.5. The van der Waals surface area contributed by atoms with Crippen molar-refractivity contribution < 1.29 is 14.6 Å². The average molecular weight is 208 g/mol. The molecule has 2 rings (SSSR count). The summed E-state index contributed by atoms with van der Waals surface area (Å²) >= 11 is 0. The zero-order chi connectivity index (χ0) is 10.8. The SMILES string of the molecule is COc1cc(O)c(OC)c(CC2CC2)c1. The Balaban J connectivity index is 2.33. The van der Waals surface area contributed by atoms with Crippen molar-refractivity contribution in [2.24, 2.45) is 5.92 Å². The highest BCUT2D eigenvalue weighted by molar-refractivity contribution is 5.51. The van der Waals surface area contributed by atoms with E-state index in [2.05, 4.69) is 0 Å². The Morgan fingerprint density at radius 3 is 2.53 bits per heavy atom. The second kappa shape index (κ2) is 4.01. The molecule has 0 aliphatic heterocycles. The van der Waals surface area contributed by atoms with Crippen molar-refractivity contribution in [1.29, 1.82) is 0 Å². The van der Waals surface area contributed by atoms with Crippen molar-refractivity contribution in [2.45, 2.75) is 19.3 Å². The van der Waals surface area contributed by atoms with Crippen LogP contribution in [0.4, 0.5) is 0 Å². The molecule has 0 unspecified atom stereocenters. The fourth-order valence-corrected chi connectivity index (χ4v) is 1.78. The lowest BCUT2D eigenvalue weighted by Crippen LogP contribution is -1.95. The van der Waals surface area contributed by atoms with E-state index >= 15 is 0 Å². The van der Waals surface area contributed by atoms with Crippen molar-refractivity contribution in [1.82, 2.24) is 0 Å². The van der Waals surface area contributed by atoms with Crippen molar-refractivity contribution in [3.63, 3.8) is 0 Å². The smallest absolute Gasteiger partial charge is 0.163 e. The zero-order valence-corrected chi connectivity index (χ0v) is 9.12. The predicted octanol–water partition coefficient (Wildman–Crippen LogP) is 2.36. The fourth-order valence-electron chi connectivity index (χ4n) is 1.78. The van der Waals surface area contributed by atoms with Gasteiger partial charge in [-0.1, -0.05) is 0 Å². The predicted molar refractivity (Wildman–Crippen MR) is 57.6 cm³/mol. The molecular formula is C12H16O3. The van der Waals surface area contributed by atoms with Gasteiger partial charge in [0.2, 0.25) is 0 Å². The number of ether oxygens (including phenoxy) is 2. The lowest BCUT2D eigenvalue weighted by molar-refractivity contribution is 0.361. The van der Waals surface area contributed by atoms with E-state index in [1.165, 1.54) is 12.8 Å². The maximum Gasteiger partial charge on any atom is 0.163 e. The van der Waals surface area contributed by atoms with Crippen molar-refractivity contribution in [3.05, 3.63) is 17.7 Å². The molecule has 0 saturated heterocycles. The third-order valence-electron chi connectivity index (χ3n) is 2.77. The van der Waals surface area contributed by atoms with E-state index in [1.807, 2.05) is 6.07 Å². The van der Waals surface area contributed by atoms with Crippen LogP contribution in [-0.4, -0.2) is 19.3 Å². The second-order valence-corrected chi connectivity index (χ2v) is 3.99. The maximum atomic E-state index is 9.73. The van der Waals surface area contributed by atoms with E-state index in [-0.39, 0.29) is 5.75 Å². The molecule has 1 N–H and O–H groups in total. The summed E-state index contributed by atoms with van der Waals surface area (Å²) in [4.78, 5) is 0. The molecule has 3 heteroatoms. The third-order valence-corrected chi connectivity index (χ3v) is 2.77. The summed E-state index contributed by atoms with van der Waals surface area (Å²) in [5.74, 6) is 2.18. The first-order valence-electron chi connectivity index (χ1n) is 5.18. The van der Waals surface area contributed by atoms with Crippen LogP contribution in [0.5, 0.6) is 17.2 Å². The number of phenolic OH excluding ortho intramolecular Hbond substituents is 1. The molecule has 0 heterocycles. The van der Waals surface area contributed by atoms with Gasteiger partial charge in [-0.2, -0.15) is 0 Å². The van der Waals surface area contributed by atoms with Gasteiger partial charge in [0, 0.05) is 11.6 Å². The quantitative estimate of drug-likeness (QED) is 0.825. The number of hydrogen-bond donors (Lipinski definition) is 1. The Labute approximate surface area is 89.6 Å². The van der Waals surface area contributed by atoms with Crippen LogP contribution in [0, 0.1) is 5.92 Å². The van der Waals surface area contributed by atoms with Gasteiger partial charge in [-0.25, -0.2) is 0 Å². The highest BCUT2D eigenvalue weighted by Gasteiger charge is 2.24. The number of phenols is 1. The summed E-state index contributed by atoms with van der Waals surface area (Å²) in [6, 6.07) is 3.52. The van der Waals surface area contributed by atoms with Crippen LogP contribution < -0.4 is 9.47 Å². The molecule has 0 radical (unpaired) electrons. The molecule has 1 saturated carbocycles. The first kappa shape index (κ1) is 10.1. The molecule has 1 aromatic carbocycles. The molecule has 1 aliphatic carbocycles. The summed E-state index contributed by atoms with van der Waals surface area (Å²) in [5.41, 5.74) is 1.04. The molecule has 1 aromatic rings. The van der Waals surface area contributed by atoms with Crippen molar-refractivity contribution in [3.8, 4) is 17.2 Å². The molecule has 82 valence electrons. The van der Waals surface area contributed by atoms with E-state index < -0.39 is 0 Å². The lowest BCUT2D eigenvalue weighted by atomic mass is 10.1. The van der Waals surface area contributed by atoms with Crippen LogP contribution in [0.25, 0.3) is 0 Å². The first-order valence-corrected chi connectivity index (χ1v) is 5.18. The van der Waals surface area contributed by atoms with Gasteiger partial charge in [0.25, 0.3) is 0 Å². The van der Waals surface area contributed by atoms with Gasteiger partial charge >= 0.3 is 0 Å². The monoisotopic (exact) mass is 208 g/mol. The molecular weight excluding hydrogens is 192 g/mol. The van der Waals surface area contributed by atoms with Gasteiger partial charge in [0.1, 0.15) is 5.75 Å². The number of methoxy groups -OCH3 is 2. The molecule has 0 bridgehead atoms. The van der Waals surface area contributed by atoms with Crippen molar-refractivity contribution >= 4 is 0 Å². The van der Waals surface area contributed by atoms with Crippen LogP contribution in [0.15, 0.2) is 12.1 Å². The summed E-state index contributed by atoms with van der Waals surface area (Å²) < 4.78 is 10.3. The Morgan fingerprint density at radius 2 is 2.00 bits per heavy atom. The molecule has 0 aromatic heterocycles. The molecule has 0 atom stereocenters. The second-order valence-electron chi connectivity index (χ2n) is 3.99. The minimum Gasteiger partial charge on any atom is -0.504 e. The minimum atomic E-state index is 0.160. The molecule has 1 fully saturated rings. The number of rotatable bonds is 4. The third kappa shape index (κ3) is 2.17. The summed E-state index contributed by atoms with van der Waals surface area (Å²) in [5, 5.41) is 9.73. The highest BCUT2D eigenvalue weighted by Crippen LogP contribution is 2.40. The lowest BCUT2D eigenvalue weighted by Gasteiger charge is -2.11. The van der Waals surface area contributed by atoms with Crippen LogP contribution in [0.3, 0.4) is 0 Å². The average Bonchev–Trinajstić information content (AvgIpc) is 3.01. The maximum absolute atomic E-state index is 9.73. The van der Waals surface area contributed by atoms with E-state index in [9.17, 15) is 5.11 Å². The minimum absolute atomic E-state index is 0.160. The zero-order valence-electron chi connectivity index (χ0n) is 9.12. The Bertz CT molecular complexity index is 356. The van der Waals surface area contributed by atoms with Crippen LogP contribution >= 0.6 is 0 Å². The van der Waals surface area contributed by atoms with E-state index in [0.717, 1.165) is 17.9 Å². The van der Waals surface area contributed by atoms with Gasteiger partial charge in [-0.3, -0.25) is 0 Å². The van der Waals surface area contributed by atoms with Crippen LogP contribution in [0.2, 0.25) is 0 Å². The number of benzene rings is 1. The van der Waals surface area contributed by atoms with E-state index in [4.69, 9.17) is 9.47 Å². The summed E-state index contributed by atoms with van der Waals surface area (Å²) in [6.45, 7) is 0. The van der Waals surface area contributed by atoms with Gasteiger partial charge in [0.05, 0.1) is 14.2 Å². The van der Waals surface area contributed by atoms with Crippen molar-refractivity contribution in [2.75, 3.05) is 14.2 Å².